The van der Waals surface area contributed by atoms with E-state index in [0.29, 0.717) is 12.1 Å². The van der Waals surface area contributed by atoms with E-state index in [1.807, 2.05) is 30.3 Å². The summed E-state index contributed by atoms with van der Waals surface area (Å²) in [5.74, 6) is 0.199. The average molecular weight is 314 g/mol. The maximum Gasteiger partial charge on any atom is 0.244 e. The van der Waals surface area contributed by atoms with E-state index in [4.69, 9.17) is 11.6 Å². The van der Waals surface area contributed by atoms with Crippen LogP contribution in [0, 0.1) is 6.92 Å². The molecule has 0 aliphatic carbocycles. The average Bonchev–Trinajstić information content (AvgIpc) is 2.86. The third-order valence-electron chi connectivity index (χ3n) is 2.91. The van der Waals surface area contributed by atoms with E-state index in [-0.39, 0.29) is 16.8 Å². The first-order chi connectivity index (χ1) is 9.53. The largest absolute Gasteiger partial charge is 0.281 e. The van der Waals surface area contributed by atoms with Crippen LogP contribution >= 0.6 is 11.6 Å². The van der Waals surface area contributed by atoms with Gasteiger partial charge in [-0.25, -0.2) is 13.1 Å². The Kier molecular flexibility index (Phi) is 4.80. The Morgan fingerprint density at radius 2 is 2.05 bits per heavy atom. The highest BCUT2D eigenvalue weighted by atomic mass is 35.5. The Hall–Kier alpha value is -1.37. The summed E-state index contributed by atoms with van der Waals surface area (Å²) in [4.78, 5) is 0.153. The number of hydrogen-bond donors (Lipinski definition) is 2. The van der Waals surface area contributed by atoms with E-state index in [0.717, 1.165) is 5.56 Å². The van der Waals surface area contributed by atoms with Gasteiger partial charge in [0.2, 0.25) is 10.0 Å². The maximum atomic E-state index is 12.2. The highest BCUT2D eigenvalue weighted by Gasteiger charge is 2.22. The van der Waals surface area contributed by atoms with Crippen LogP contribution in [0.3, 0.4) is 0 Å². The minimum Gasteiger partial charge on any atom is -0.281 e. The lowest BCUT2D eigenvalue weighted by Crippen LogP contribution is -2.37. The zero-order chi connectivity index (χ0) is 14.6. The Morgan fingerprint density at radius 3 is 2.60 bits per heavy atom. The molecule has 2 N–H and O–H groups in total. The summed E-state index contributed by atoms with van der Waals surface area (Å²) in [6.45, 7) is 1.66. The second-order valence-electron chi connectivity index (χ2n) is 4.52. The van der Waals surface area contributed by atoms with Crippen molar-refractivity contribution in [3.63, 3.8) is 0 Å². The number of nitrogens with one attached hydrogen (secondary N) is 2. The lowest BCUT2D eigenvalue weighted by atomic mass is 10.1. The summed E-state index contributed by atoms with van der Waals surface area (Å²) in [7, 11) is -3.61. The zero-order valence-electron chi connectivity index (χ0n) is 11.0. The van der Waals surface area contributed by atoms with E-state index in [2.05, 4.69) is 14.9 Å². The van der Waals surface area contributed by atoms with Crippen molar-refractivity contribution in [1.82, 2.24) is 14.9 Å². The van der Waals surface area contributed by atoms with Gasteiger partial charge >= 0.3 is 0 Å². The van der Waals surface area contributed by atoms with Crippen molar-refractivity contribution in [2.24, 2.45) is 0 Å². The predicted molar refractivity (Wildman–Crippen MR) is 78.3 cm³/mol. The van der Waals surface area contributed by atoms with Gasteiger partial charge in [0, 0.05) is 11.9 Å². The molecule has 0 bridgehead atoms. The minimum absolute atomic E-state index is 0.153. The fourth-order valence-corrected chi connectivity index (χ4v) is 3.57. The van der Waals surface area contributed by atoms with Gasteiger partial charge in [-0.1, -0.05) is 30.3 Å². The van der Waals surface area contributed by atoms with E-state index >= 15 is 0 Å². The highest BCUT2D eigenvalue weighted by molar-refractivity contribution is 7.89. The summed E-state index contributed by atoms with van der Waals surface area (Å²) >= 11 is 5.87. The van der Waals surface area contributed by atoms with Gasteiger partial charge in [-0.15, -0.1) is 11.6 Å². The van der Waals surface area contributed by atoms with Crippen LogP contribution in [0.5, 0.6) is 0 Å². The number of alkyl halides is 1. The maximum absolute atomic E-state index is 12.2. The Morgan fingerprint density at radius 1 is 1.35 bits per heavy atom. The van der Waals surface area contributed by atoms with Crippen LogP contribution in [-0.4, -0.2) is 30.5 Å². The molecule has 2 aromatic rings. The summed E-state index contributed by atoms with van der Waals surface area (Å²) < 4.78 is 27.1. The Balaban J connectivity index is 2.12. The molecule has 2 rings (SSSR count). The van der Waals surface area contributed by atoms with E-state index < -0.39 is 10.0 Å². The molecule has 108 valence electrons. The molecule has 0 aliphatic rings. The molecule has 0 aliphatic heterocycles. The summed E-state index contributed by atoms with van der Waals surface area (Å²) in [6, 6.07) is 9.26. The van der Waals surface area contributed by atoms with Crippen molar-refractivity contribution in [3.05, 3.63) is 47.8 Å². The molecule has 0 saturated carbocycles. The Labute approximate surface area is 123 Å². The predicted octanol–water partition coefficient (Wildman–Crippen LogP) is 1.85. The fourth-order valence-electron chi connectivity index (χ4n) is 1.92. The van der Waals surface area contributed by atoms with E-state index in [9.17, 15) is 8.42 Å². The van der Waals surface area contributed by atoms with Crippen molar-refractivity contribution in [1.29, 1.82) is 0 Å². The van der Waals surface area contributed by atoms with Gasteiger partial charge in [0.05, 0.1) is 11.9 Å². The summed E-state index contributed by atoms with van der Waals surface area (Å²) in [6.07, 6.45) is 1.84. The Bertz CT molecular complexity index is 655. The standard InChI is InChI=1S/C13H16ClN3O2S/c1-10-13(9-15-16-10)20(18,19)17-12(8-14)7-11-5-3-2-4-6-11/h2-6,9,12,17H,7-8H2,1H3,(H,15,16). The number of H-pyrrole nitrogens is 1. The smallest absolute Gasteiger partial charge is 0.244 e. The number of hydrogen-bond acceptors (Lipinski definition) is 3. The van der Waals surface area contributed by atoms with Crippen LogP contribution in [0.2, 0.25) is 0 Å². The third kappa shape index (κ3) is 3.59. The number of benzene rings is 1. The van der Waals surface area contributed by atoms with Crippen molar-refractivity contribution in [2.45, 2.75) is 24.3 Å². The zero-order valence-corrected chi connectivity index (χ0v) is 12.6. The molecule has 0 spiro atoms. The number of aromatic nitrogens is 2. The topological polar surface area (TPSA) is 74.8 Å². The van der Waals surface area contributed by atoms with Crippen LogP contribution in [0.1, 0.15) is 11.3 Å². The van der Waals surface area contributed by atoms with E-state index in [1.54, 1.807) is 6.92 Å². The molecular weight excluding hydrogens is 298 g/mol. The molecule has 5 nitrogen and oxygen atoms in total. The highest BCUT2D eigenvalue weighted by Crippen LogP contribution is 2.13. The van der Waals surface area contributed by atoms with Crippen LogP contribution in [-0.2, 0) is 16.4 Å². The van der Waals surface area contributed by atoms with E-state index in [1.165, 1.54) is 6.20 Å². The van der Waals surface area contributed by atoms with Gasteiger partial charge < -0.3 is 0 Å². The SMILES string of the molecule is Cc1[nH]ncc1S(=O)(=O)NC(CCl)Cc1ccccc1. The molecular formula is C13H16ClN3O2S. The lowest BCUT2D eigenvalue weighted by Gasteiger charge is -2.16. The normalized spacial score (nSPS) is 13.3. The number of aromatic amines is 1. The lowest BCUT2D eigenvalue weighted by molar-refractivity contribution is 0.560. The summed E-state index contributed by atoms with van der Waals surface area (Å²) in [5.41, 5.74) is 1.54. The molecule has 1 atom stereocenters. The molecule has 20 heavy (non-hydrogen) atoms. The first kappa shape index (κ1) is 15.0. The van der Waals surface area contributed by atoms with Crippen molar-refractivity contribution < 1.29 is 8.42 Å². The van der Waals surface area contributed by atoms with Crippen LogP contribution in [0.15, 0.2) is 41.4 Å². The molecule has 0 fully saturated rings. The van der Waals surface area contributed by atoms with Gasteiger partial charge in [0.1, 0.15) is 4.90 Å². The molecule has 1 aromatic carbocycles. The van der Waals surface area contributed by atoms with Gasteiger partial charge in [0.15, 0.2) is 0 Å². The van der Waals surface area contributed by atoms with Crippen LogP contribution in [0.4, 0.5) is 0 Å². The number of aryl methyl sites for hydroxylation is 1. The molecule has 1 aromatic heterocycles. The van der Waals surface area contributed by atoms with Crippen molar-refractivity contribution in [2.75, 3.05) is 5.88 Å². The first-order valence-electron chi connectivity index (χ1n) is 6.15. The van der Waals surface area contributed by atoms with Crippen LogP contribution in [0.25, 0.3) is 0 Å². The molecule has 7 heteroatoms. The van der Waals surface area contributed by atoms with Crippen molar-refractivity contribution in [3.8, 4) is 0 Å². The number of halogens is 1. The van der Waals surface area contributed by atoms with Gasteiger partial charge in [-0.2, -0.15) is 5.10 Å². The second kappa shape index (κ2) is 6.39. The molecule has 1 heterocycles. The first-order valence-corrected chi connectivity index (χ1v) is 8.17. The number of sulfonamides is 1. The van der Waals surface area contributed by atoms with Gasteiger partial charge in [-0.3, -0.25) is 5.10 Å². The van der Waals surface area contributed by atoms with Crippen LogP contribution < -0.4 is 4.72 Å². The molecule has 1 unspecified atom stereocenters. The third-order valence-corrected chi connectivity index (χ3v) is 4.91. The molecule has 0 radical (unpaired) electrons. The molecule has 0 saturated heterocycles. The quantitative estimate of drug-likeness (QED) is 0.799. The fraction of sp³-hybridized carbons (Fsp3) is 0.308. The van der Waals surface area contributed by atoms with Gasteiger partial charge in [0.25, 0.3) is 0 Å². The molecule has 0 amide bonds. The monoisotopic (exact) mass is 313 g/mol. The van der Waals surface area contributed by atoms with Gasteiger partial charge in [-0.05, 0) is 18.9 Å². The van der Waals surface area contributed by atoms with Crippen molar-refractivity contribution >= 4 is 21.6 Å². The number of nitrogens with zero attached hydrogens (tertiary/aromatic N) is 1. The summed E-state index contributed by atoms with van der Waals surface area (Å²) in [5, 5.41) is 6.34. The minimum atomic E-state index is -3.61. The second-order valence-corrected chi connectivity index (χ2v) is 6.51. The number of rotatable bonds is 6.